The fraction of sp³-hybridized carbons (Fsp3) is 1.00. The zero-order chi connectivity index (χ0) is 10.0. The molecule has 1 fully saturated rings. The van der Waals surface area contributed by atoms with Crippen LogP contribution in [-0.4, -0.2) is 57.7 Å². The molecule has 0 spiro atoms. The number of nitrogens with one attached hydrogen (secondary N) is 1. The summed E-state index contributed by atoms with van der Waals surface area (Å²) in [5.41, 5.74) is 0. The predicted octanol–water partition coefficient (Wildman–Crippen LogP) is -2.47. The first kappa shape index (κ1) is 11.1. The van der Waals surface area contributed by atoms with Crippen molar-refractivity contribution in [2.24, 2.45) is 0 Å². The lowest BCUT2D eigenvalue weighted by Crippen LogP contribution is -2.61. The largest absolute Gasteiger partial charge is 0.394 e. The van der Waals surface area contributed by atoms with Crippen LogP contribution in [0.2, 0.25) is 0 Å². The predicted molar refractivity (Wildman–Crippen MR) is 42.8 cm³/mol. The van der Waals surface area contributed by atoms with Crippen molar-refractivity contribution < 1.29 is 25.2 Å². The SMILES string of the molecule is OCC1OC(O)C(NCl)[C@H](O)[C@H]1O. The average molecular weight is 214 g/mol. The standard InChI is InChI=1S/C6H12ClNO5/c7-8-3-5(11)4(10)2(1-9)13-6(3)12/h2-6,8-12H,1H2/t2?,3?,4-,5-,6?/m0/s1. The molecule has 0 radical (unpaired) electrons. The summed E-state index contributed by atoms with van der Waals surface area (Å²) in [5, 5.41) is 36.6. The van der Waals surface area contributed by atoms with Gasteiger partial charge in [0.15, 0.2) is 6.29 Å². The molecular weight excluding hydrogens is 202 g/mol. The minimum Gasteiger partial charge on any atom is -0.394 e. The first-order valence-electron chi connectivity index (χ1n) is 3.78. The van der Waals surface area contributed by atoms with Gasteiger partial charge in [0.2, 0.25) is 0 Å². The van der Waals surface area contributed by atoms with E-state index < -0.39 is 37.3 Å². The van der Waals surface area contributed by atoms with Crippen molar-refractivity contribution in [3.8, 4) is 0 Å². The molecule has 13 heavy (non-hydrogen) atoms. The smallest absolute Gasteiger partial charge is 0.174 e. The van der Waals surface area contributed by atoms with E-state index in [9.17, 15) is 15.3 Å². The van der Waals surface area contributed by atoms with Crippen LogP contribution in [0.4, 0.5) is 0 Å². The molecular formula is C6H12ClNO5. The number of halogens is 1. The third-order valence-corrected chi connectivity index (χ3v) is 2.28. The number of rotatable bonds is 2. The molecule has 0 bridgehead atoms. The molecule has 6 nitrogen and oxygen atoms in total. The Morgan fingerprint density at radius 2 is 1.85 bits per heavy atom. The van der Waals surface area contributed by atoms with Crippen molar-refractivity contribution >= 4 is 11.8 Å². The second kappa shape index (κ2) is 4.52. The van der Waals surface area contributed by atoms with E-state index in [2.05, 4.69) is 4.84 Å². The third kappa shape index (κ3) is 2.10. The maximum absolute atomic E-state index is 9.36. The Bertz CT molecular complexity index is 171. The summed E-state index contributed by atoms with van der Waals surface area (Å²) in [6.45, 7) is -0.482. The second-order valence-electron chi connectivity index (χ2n) is 2.86. The maximum Gasteiger partial charge on any atom is 0.174 e. The molecule has 0 aliphatic carbocycles. The Hall–Kier alpha value is 0.0500. The van der Waals surface area contributed by atoms with Crippen LogP contribution < -0.4 is 4.84 Å². The van der Waals surface area contributed by atoms with Gasteiger partial charge in [-0.3, -0.25) is 0 Å². The van der Waals surface area contributed by atoms with Gasteiger partial charge in [-0.15, -0.1) is 0 Å². The molecule has 5 atom stereocenters. The van der Waals surface area contributed by atoms with Crippen molar-refractivity contribution in [3.63, 3.8) is 0 Å². The first-order chi connectivity index (χ1) is 6.11. The van der Waals surface area contributed by atoms with Crippen LogP contribution in [0, 0.1) is 0 Å². The fourth-order valence-electron chi connectivity index (χ4n) is 1.21. The monoisotopic (exact) mass is 213 g/mol. The molecule has 1 aliphatic rings. The number of aliphatic hydroxyl groups is 4. The molecule has 1 heterocycles. The van der Waals surface area contributed by atoms with Gasteiger partial charge in [-0.25, -0.2) is 4.84 Å². The molecule has 78 valence electrons. The van der Waals surface area contributed by atoms with Crippen molar-refractivity contribution in [1.82, 2.24) is 4.84 Å². The van der Waals surface area contributed by atoms with Gasteiger partial charge in [0, 0.05) is 0 Å². The lowest BCUT2D eigenvalue weighted by atomic mass is 9.98. The van der Waals surface area contributed by atoms with Gasteiger partial charge in [0.05, 0.1) is 6.61 Å². The van der Waals surface area contributed by atoms with Gasteiger partial charge < -0.3 is 25.2 Å². The quantitative estimate of drug-likeness (QED) is 0.326. The molecule has 1 rings (SSSR count). The van der Waals surface area contributed by atoms with Gasteiger partial charge >= 0.3 is 0 Å². The summed E-state index contributed by atoms with van der Waals surface area (Å²) in [7, 11) is 0. The molecule has 0 saturated carbocycles. The summed E-state index contributed by atoms with van der Waals surface area (Å²) in [6.07, 6.45) is -4.90. The van der Waals surface area contributed by atoms with Gasteiger partial charge in [-0.2, -0.15) is 0 Å². The fourth-order valence-corrected chi connectivity index (χ4v) is 1.45. The number of hydrogen-bond acceptors (Lipinski definition) is 6. The van der Waals surface area contributed by atoms with E-state index in [0.29, 0.717) is 0 Å². The number of ether oxygens (including phenoxy) is 1. The van der Waals surface area contributed by atoms with Gasteiger partial charge in [0.1, 0.15) is 24.4 Å². The van der Waals surface area contributed by atoms with Crippen LogP contribution in [0.3, 0.4) is 0 Å². The molecule has 0 aromatic heterocycles. The van der Waals surface area contributed by atoms with Crippen LogP contribution in [-0.2, 0) is 4.74 Å². The summed E-state index contributed by atoms with van der Waals surface area (Å²) < 4.78 is 4.77. The molecule has 5 N–H and O–H groups in total. The molecule has 7 heteroatoms. The highest BCUT2D eigenvalue weighted by molar-refractivity contribution is 6.13. The highest BCUT2D eigenvalue weighted by atomic mass is 35.5. The van der Waals surface area contributed by atoms with E-state index in [0.717, 1.165) is 0 Å². The zero-order valence-corrected chi connectivity index (χ0v) is 7.42. The molecule has 0 aromatic carbocycles. The van der Waals surface area contributed by atoms with Crippen molar-refractivity contribution in [2.75, 3.05) is 6.61 Å². The summed E-state index contributed by atoms with van der Waals surface area (Å²) in [6, 6.07) is -0.973. The molecule has 3 unspecified atom stereocenters. The maximum atomic E-state index is 9.36. The summed E-state index contributed by atoms with van der Waals surface area (Å²) >= 11 is 5.20. The highest BCUT2D eigenvalue weighted by Crippen LogP contribution is 2.19. The van der Waals surface area contributed by atoms with E-state index >= 15 is 0 Å². The van der Waals surface area contributed by atoms with Gasteiger partial charge in [0.25, 0.3) is 0 Å². The molecule has 1 aliphatic heterocycles. The topological polar surface area (TPSA) is 102 Å². The Morgan fingerprint density at radius 3 is 2.31 bits per heavy atom. The number of aliphatic hydroxyl groups excluding tert-OH is 4. The van der Waals surface area contributed by atoms with Crippen LogP contribution in [0.25, 0.3) is 0 Å². The Morgan fingerprint density at radius 1 is 1.23 bits per heavy atom. The average Bonchev–Trinajstić information content (AvgIpc) is 2.12. The third-order valence-electron chi connectivity index (χ3n) is 2.03. The van der Waals surface area contributed by atoms with Crippen molar-refractivity contribution in [1.29, 1.82) is 0 Å². The van der Waals surface area contributed by atoms with E-state index in [4.69, 9.17) is 21.6 Å². The Labute approximate surface area is 79.8 Å². The molecule has 1 saturated heterocycles. The highest BCUT2D eigenvalue weighted by Gasteiger charge is 2.43. The lowest BCUT2D eigenvalue weighted by Gasteiger charge is -2.39. The molecule has 0 aromatic rings. The second-order valence-corrected chi connectivity index (χ2v) is 3.08. The summed E-state index contributed by atoms with van der Waals surface area (Å²) in [5.74, 6) is 0. The Balaban J connectivity index is 2.66. The molecule has 0 amide bonds. The van der Waals surface area contributed by atoms with Crippen molar-refractivity contribution in [2.45, 2.75) is 30.6 Å². The Kier molecular flexibility index (Phi) is 3.87. The number of hydrogen-bond donors (Lipinski definition) is 5. The normalized spacial score (nSPS) is 46.4. The minimum atomic E-state index is -1.35. The van der Waals surface area contributed by atoms with E-state index in [1.165, 1.54) is 0 Å². The zero-order valence-electron chi connectivity index (χ0n) is 6.67. The minimum absolute atomic E-state index is 0.482. The summed E-state index contributed by atoms with van der Waals surface area (Å²) in [4.78, 5) is 2.08. The van der Waals surface area contributed by atoms with E-state index in [1.54, 1.807) is 0 Å². The van der Waals surface area contributed by atoms with E-state index in [-0.39, 0.29) is 0 Å². The van der Waals surface area contributed by atoms with Crippen LogP contribution in [0.15, 0.2) is 0 Å². The van der Waals surface area contributed by atoms with Gasteiger partial charge in [-0.05, 0) is 11.8 Å². The van der Waals surface area contributed by atoms with E-state index in [1.807, 2.05) is 0 Å². The van der Waals surface area contributed by atoms with Crippen molar-refractivity contribution in [3.05, 3.63) is 0 Å². The van der Waals surface area contributed by atoms with Crippen LogP contribution in [0.1, 0.15) is 0 Å². The van der Waals surface area contributed by atoms with Crippen LogP contribution in [0.5, 0.6) is 0 Å². The van der Waals surface area contributed by atoms with Crippen LogP contribution >= 0.6 is 11.8 Å². The lowest BCUT2D eigenvalue weighted by molar-refractivity contribution is -0.251. The first-order valence-corrected chi connectivity index (χ1v) is 4.16. The van der Waals surface area contributed by atoms with Gasteiger partial charge in [-0.1, -0.05) is 0 Å².